The molecule has 1 N–H and O–H groups in total. The summed E-state index contributed by atoms with van der Waals surface area (Å²) in [6.07, 6.45) is 7.60. The van der Waals surface area contributed by atoms with Gasteiger partial charge in [0, 0.05) is 60.9 Å². The second-order valence-electron chi connectivity index (χ2n) is 10.2. The summed E-state index contributed by atoms with van der Waals surface area (Å²) in [6, 6.07) is 5.17. The zero-order valence-corrected chi connectivity index (χ0v) is 22.4. The maximum atomic E-state index is 14.6. The first-order valence-corrected chi connectivity index (χ1v) is 13.2. The van der Waals surface area contributed by atoms with E-state index in [0.29, 0.717) is 29.0 Å². The van der Waals surface area contributed by atoms with Crippen LogP contribution in [0.25, 0.3) is 16.6 Å². The van der Waals surface area contributed by atoms with Crippen LogP contribution in [0.2, 0.25) is 0 Å². The number of fused-ring (bicyclic) bond motifs is 2. The van der Waals surface area contributed by atoms with Crippen LogP contribution < -0.4 is 10.2 Å². The number of benzene rings is 1. The van der Waals surface area contributed by atoms with Crippen LogP contribution in [-0.2, 0) is 6.54 Å². The first-order valence-electron chi connectivity index (χ1n) is 13.2. The van der Waals surface area contributed by atoms with Gasteiger partial charge >= 0.3 is 0 Å². The summed E-state index contributed by atoms with van der Waals surface area (Å²) in [4.78, 5) is 22.5. The van der Waals surface area contributed by atoms with Crippen molar-refractivity contribution in [1.29, 1.82) is 0 Å². The highest BCUT2D eigenvalue weighted by Crippen LogP contribution is 2.35. The average molecular weight is 506 g/mol. The average Bonchev–Trinajstić information content (AvgIpc) is 3.48. The van der Waals surface area contributed by atoms with Gasteiger partial charge in [-0.25, -0.2) is 9.37 Å². The predicted octanol–water partition coefficient (Wildman–Crippen LogP) is 5.10. The molecule has 0 bridgehead atoms. The van der Waals surface area contributed by atoms with E-state index in [-0.39, 0.29) is 17.1 Å². The van der Waals surface area contributed by atoms with Gasteiger partial charge in [0.15, 0.2) is 11.5 Å². The molecule has 1 aliphatic rings. The third-order valence-electron chi connectivity index (χ3n) is 7.86. The first-order chi connectivity index (χ1) is 17.8. The van der Waals surface area contributed by atoms with E-state index in [1.807, 2.05) is 29.9 Å². The van der Waals surface area contributed by atoms with Crippen LogP contribution in [0, 0.1) is 12.7 Å². The summed E-state index contributed by atoms with van der Waals surface area (Å²) >= 11 is 0. The number of imidazole rings is 1. The zero-order chi connectivity index (χ0) is 26.3. The van der Waals surface area contributed by atoms with E-state index < -0.39 is 5.82 Å². The molecule has 0 unspecified atom stereocenters. The highest BCUT2D eigenvalue weighted by Gasteiger charge is 2.35. The van der Waals surface area contributed by atoms with E-state index in [2.05, 4.69) is 40.9 Å². The number of anilines is 2. The zero-order valence-electron chi connectivity index (χ0n) is 22.4. The molecule has 3 aromatic heterocycles. The highest BCUT2D eigenvalue weighted by atomic mass is 19.1. The molecular weight excluding hydrogens is 469 g/mol. The standard InChI is InChI=1S/C28H36FN7O/c1-6-35(7-2)28(5)11-13-33(14-12-28)24-10-9-21(25-22(24)18-36(8-3)32-25)27(37)31-20-15-23(29)26-30-19(4)16-34(26)17-20/h9-10,15-18H,6-8,11-14H2,1-5H3,(H,31,37). The van der Waals surface area contributed by atoms with E-state index in [4.69, 9.17) is 5.10 Å². The molecule has 0 saturated carbocycles. The number of nitrogens with one attached hydrogen (secondary N) is 1. The van der Waals surface area contributed by atoms with Gasteiger partial charge in [0.2, 0.25) is 0 Å². The lowest BCUT2D eigenvalue weighted by Crippen LogP contribution is -2.53. The number of aryl methyl sites for hydroxylation is 2. The third-order valence-corrected chi connectivity index (χ3v) is 7.86. The predicted molar refractivity (Wildman–Crippen MR) is 146 cm³/mol. The Morgan fingerprint density at radius 1 is 1.14 bits per heavy atom. The van der Waals surface area contributed by atoms with Crippen molar-refractivity contribution in [3.8, 4) is 0 Å². The number of piperidine rings is 1. The second-order valence-corrected chi connectivity index (χ2v) is 10.2. The molecule has 1 fully saturated rings. The van der Waals surface area contributed by atoms with Crippen molar-refractivity contribution in [1.82, 2.24) is 24.1 Å². The number of nitrogens with zero attached hydrogens (tertiary/aromatic N) is 6. The number of pyridine rings is 1. The second kappa shape index (κ2) is 9.78. The maximum Gasteiger partial charge on any atom is 0.257 e. The van der Waals surface area contributed by atoms with Gasteiger partial charge in [0.1, 0.15) is 5.52 Å². The number of rotatable bonds is 7. The molecule has 0 spiro atoms. The SMILES string of the molecule is CCN(CC)C1(C)CCN(c2ccc(C(=O)Nc3cc(F)c4nc(C)cn4c3)c3nn(CC)cc23)CC1. The van der Waals surface area contributed by atoms with E-state index in [9.17, 15) is 9.18 Å². The van der Waals surface area contributed by atoms with E-state index >= 15 is 0 Å². The lowest BCUT2D eigenvalue weighted by molar-refractivity contribution is 0.0900. The number of halogens is 1. The first kappa shape index (κ1) is 25.2. The van der Waals surface area contributed by atoms with Crippen molar-refractivity contribution in [3.05, 3.63) is 53.9 Å². The highest BCUT2D eigenvalue weighted by molar-refractivity contribution is 6.13. The Morgan fingerprint density at radius 3 is 2.54 bits per heavy atom. The quantitative estimate of drug-likeness (QED) is 0.378. The van der Waals surface area contributed by atoms with Crippen molar-refractivity contribution in [3.63, 3.8) is 0 Å². The van der Waals surface area contributed by atoms with Gasteiger partial charge in [-0.15, -0.1) is 0 Å². The third kappa shape index (κ3) is 4.56. The smallest absolute Gasteiger partial charge is 0.257 e. The number of hydrogen-bond donors (Lipinski definition) is 1. The minimum absolute atomic E-state index is 0.205. The number of carbonyl (C=O) groups excluding carboxylic acids is 1. The van der Waals surface area contributed by atoms with Gasteiger partial charge in [-0.3, -0.25) is 14.4 Å². The Labute approximate surface area is 217 Å². The summed E-state index contributed by atoms with van der Waals surface area (Å²) in [7, 11) is 0. The lowest BCUT2D eigenvalue weighted by atomic mass is 9.87. The van der Waals surface area contributed by atoms with Gasteiger partial charge in [0.05, 0.1) is 16.9 Å². The summed E-state index contributed by atoms with van der Waals surface area (Å²) in [5.41, 5.74) is 3.76. The Hall–Kier alpha value is -3.46. The van der Waals surface area contributed by atoms with E-state index in [1.54, 1.807) is 23.7 Å². The monoisotopic (exact) mass is 505 g/mol. The molecule has 196 valence electrons. The van der Waals surface area contributed by atoms with Crippen LogP contribution in [0.4, 0.5) is 15.8 Å². The summed E-state index contributed by atoms with van der Waals surface area (Å²) in [5, 5.41) is 8.56. The Morgan fingerprint density at radius 2 is 1.86 bits per heavy atom. The molecule has 1 aliphatic heterocycles. The fraction of sp³-hybridized carbons (Fsp3) is 0.464. The maximum absolute atomic E-state index is 14.6. The summed E-state index contributed by atoms with van der Waals surface area (Å²) in [5.74, 6) is -0.801. The van der Waals surface area contributed by atoms with Crippen molar-refractivity contribution in [2.45, 2.75) is 59.5 Å². The van der Waals surface area contributed by atoms with E-state index in [0.717, 1.165) is 50.1 Å². The molecule has 0 atom stereocenters. The number of aromatic nitrogens is 4. The molecule has 0 radical (unpaired) electrons. The summed E-state index contributed by atoms with van der Waals surface area (Å²) < 4.78 is 18.0. The molecule has 4 aromatic rings. The Kier molecular flexibility index (Phi) is 6.66. The molecule has 4 heterocycles. The Bertz CT molecular complexity index is 1440. The van der Waals surface area contributed by atoms with Crippen LogP contribution in [0.15, 0.2) is 36.8 Å². The number of amides is 1. The van der Waals surface area contributed by atoms with Crippen molar-refractivity contribution < 1.29 is 9.18 Å². The van der Waals surface area contributed by atoms with Crippen LogP contribution in [-0.4, -0.2) is 61.7 Å². The van der Waals surface area contributed by atoms with Crippen molar-refractivity contribution >= 4 is 33.8 Å². The lowest BCUT2D eigenvalue weighted by Gasteiger charge is -2.47. The van der Waals surface area contributed by atoms with Crippen LogP contribution >= 0.6 is 0 Å². The molecule has 37 heavy (non-hydrogen) atoms. The van der Waals surface area contributed by atoms with Crippen LogP contribution in [0.1, 0.15) is 56.6 Å². The molecule has 5 rings (SSSR count). The number of hydrogen-bond acceptors (Lipinski definition) is 5. The van der Waals surface area contributed by atoms with Crippen molar-refractivity contribution in [2.24, 2.45) is 0 Å². The molecule has 1 aromatic carbocycles. The summed E-state index contributed by atoms with van der Waals surface area (Å²) in [6.45, 7) is 15.4. The number of carbonyl (C=O) groups is 1. The minimum atomic E-state index is -0.483. The molecule has 1 amide bonds. The Balaban J connectivity index is 1.44. The van der Waals surface area contributed by atoms with Gasteiger partial charge in [-0.1, -0.05) is 13.8 Å². The van der Waals surface area contributed by atoms with Crippen LogP contribution in [0.5, 0.6) is 0 Å². The van der Waals surface area contributed by atoms with Gasteiger partial charge in [-0.05, 0) is 58.8 Å². The largest absolute Gasteiger partial charge is 0.371 e. The molecule has 0 aliphatic carbocycles. The fourth-order valence-electron chi connectivity index (χ4n) is 5.74. The van der Waals surface area contributed by atoms with Gasteiger partial charge in [-0.2, -0.15) is 5.10 Å². The van der Waals surface area contributed by atoms with Crippen molar-refractivity contribution in [2.75, 3.05) is 36.4 Å². The fourth-order valence-corrected chi connectivity index (χ4v) is 5.74. The topological polar surface area (TPSA) is 70.7 Å². The van der Waals surface area contributed by atoms with Gasteiger partial charge < -0.3 is 14.6 Å². The molecular formula is C28H36FN7O. The molecule has 9 heteroatoms. The van der Waals surface area contributed by atoms with Crippen LogP contribution in [0.3, 0.4) is 0 Å². The van der Waals surface area contributed by atoms with Gasteiger partial charge in [0.25, 0.3) is 5.91 Å². The van der Waals surface area contributed by atoms with E-state index in [1.165, 1.54) is 6.07 Å². The normalized spacial score (nSPS) is 15.7. The minimum Gasteiger partial charge on any atom is -0.371 e. The molecule has 1 saturated heterocycles. The molecule has 8 nitrogen and oxygen atoms in total.